The Morgan fingerprint density at radius 1 is 1.10 bits per heavy atom. The standard InChI is InChI=1S/C23H23F2N3O/c24-20-10-5-16(14-21(20)25)3-4-17-2-1-13-28(15-17)23(29)19-8-6-18(7-9-19)22-11-12-26-27-22/h5-12,14,17H,1-4,13,15H2,(H,26,27)/t17-/m0/s1. The Morgan fingerprint density at radius 2 is 1.93 bits per heavy atom. The Labute approximate surface area is 168 Å². The summed E-state index contributed by atoms with van der Waals surface area (Å²) in [5, 5.41) is 6.86. The summed E-state index contributed by atoms with van der Waals surface area (Å²) in [5.74, 6) is -1.22. The van der Waals surface area contributed by atoms with Crippen LogP contribution in [0.3, 0.4) is 0 Å². The van der Waals surface area contributed by atoms with E-state index in [2.05, 4.69) is 10.2 Å². The molecule has 1 N–H and O–H groups in total. The van der Waals surface area contributed by atoms with Crippen LogP contribution in [0.15, 0.2) is 54.7 Å². The van der Waals surface area contributed by atoms with Gasteiger partial charge in [0, 0.05) is 24.8 Å². The molecule has 0 unspecified atom stereocenters. The second kappa shape index (κ2) is 8.55. The maximum absolute atomic E-state index is 13.4. The number of nitrogens with zero attached hydrogens (tertiary/aromatic N) is 2. The third-order valence-electron chi connectivity index (χ3n) is 5.58. The largest absolute Gasteiger partial charge is 0.338 e. The summed E-state index contributed by atoms with van der Waals surface area (Å²) in [4.78, 5) is 14.8. The number of carbonyl (C=O) groups excluding carboxylic acids is 1. The Bertz CT molecular complexity index is 970. The second-order valence-electron chi connectivity index (χ2n) is 7.59. The summed E-state index contributed by atoms with van der Waals surface area (Å²) in [7, 11) is 0. The number of aromatic nitrogens is 2. The number of rotatable bonds is 5. The predicted octanol–water partition coefficient (Wildman–Crippen LogP) is 4.84. The van der Waals surface area contributed by atoms with E-state index in [0.717, 1.165) is 42.6 Å². The fraction of sp³-hybridized carbons (Fsp3) is 0.304. The van der Waals surface area contributed by atoms with Crippen LogP contribution in [0.5, 0.6) is 0 Å². The second-order valence-corrected chi connectivity index (χ2v) is 7.59. The Balaban J connectivity index is 1.36. The van der Waals surface area contributed by atoms with Crippen molar-refractivity contribution in [2.24, 2.45) is 5.92 Å². The Hall–Kier alpha value is -3.02. The van der Waals surface area contributed by atoms with Crippen molar-refractivity contribution < 1.29 is 13.6 Å². The first-order valence-electron chi connectivity index (χ1n) is 9.93. The summed E-state index contributed by atoms with van der Waals surface area (Å²) in [5.41, 5.74) is 3.37. The van der Waals surface area contributed by atoms with Gasteiger partial charge in [-0.25, -0.2) is 8.78 Å². The van der Waals surface area contributed by atoms with Gasteiger partial charge in [-0.15, -0.1) is 0 Å². The van der Waals surface area contributed by atoms with Gasteiger partial charge in [0.25, 0.3) is 5.91 Å². The molecule has 4 nitrogen and oxygen atoms in total. The smallest absolute Gasteiger partial charge is 0.253 e. The van der Waals surface area contributed by atoms with Crippen molar-refractivity contribution in [1.29, 1.82) is 0 Å². The number of hydrogen-bond donors (Lipinski definition) is 1. The molecule has 1 atom stereocenters. The SMILES string of the molecule is O=C(c1ccc(-c2ccn[nH]2)cc1)N1CCC[C@@H](CCc2ccc(F)c(F)c2)C1. The lowest BCUT2D eigenvalue weighted by molar-refractivity contribution is 0.0668. The fourth-order valence-electron chi connectivity index (χ4n) is 3.94. The topological polar surface area (TPSA) is 49.0 Å². The first-order valence-corrected chi connectivity index (χ1v) is 9.93. The van der Waals surface area contributed by atoms with Gasteiger partial charge in [0.2, 0.25) is 0 Å². The first-order chi connectivity index (χ1) is 14.1. The summed E-state index contributed by atoms with van der Waals surface area (Å²) >= 11 is 0. The molecular weight excluding hydrogens is 372 g/mol. The molecule has 0 spiro atoms. The number of hydrogen-bond acceptors (Lipinski definition) is 2. The maximum Gasteiger partial charge on any atom is 0.253 e. The highest BCUT2D eigenvalue weighted by Crippen LogP contribution is 2.24. The number of aromatic amines is 1. The highest BCUT2D eigenvalue weighted by atomic mass is 19.2. The third-order valence-corrected chi connectivity index (χ3v) is 5.58. The maximum atomic E-state index is 13.4. The van der Waals surface area contributed by atoms with Crippen LogP contribution < -0.4 is 0 Å². The Morgan fingerprint density at radius 3 is 2.66 bits per heavy atom. The van der Waals surface area contributed by atoms with E-state index in [9.17, 15) is 13.6 Å². The molecule has 4 rings (SSSR count). The number of benzene rings is 2. The van der Waals surface area contributed by atoms with Crippen LogP contribution in [0.1, 0.15) is 35.2 Å². The molecule has 1 saturated heterocycles. The van der Waals surface area contributed by atoms with E-state index in [0.29, 0.717) is 24.4 Å². The van der Waals surface area contributed by atoms with E-state index in [4.69, 9.17) is 0 Å². The quantitative estimate of drug-likeness (QED) is 0.672. The summed E-state index contributed by atoms with van der Waals surface area (Å²) < 4.78 is 26.5. The van der Waals surface area contributed by atoms with E-state index in [1.54, 1.807) is 12.3 Å². The van der Waals surface area contributed by atoms with Gasteiger partial charge in [-0.05, 0) is 73.1 Å². The minimum absolute atomic E-state index is 0.0405. The highest BCUT2D eigenvalue weighted by Gasteiger charge is 2.24. The van der Waals surface area contributed by atoms with Gasteiger partial charge in [0.15, 0.2) is 11.6 Å². The number of aryl methyl sites for hydroxylation is 1. The van der Waals surface area contributed by atoms with E-state index in [1.807, 2.05) is 35.2 Å². The number of carbonyl (C=O) groups is 1. The van der Waals surface area contributed by atoms with Crippen LogP contribution >= 0.6 is 0 Å². The lowest BCUT2D eigenvalue weighted by atomic mass is 9.91. The molecule has 0 saturated carbocycles. The average molecular weight is 395 g/mol. The number of nitrogens with one attached hydrogen (secondary N) is 1. The fourth-order valence-corrected chi connectivity index (χ4v) is 3.94. The minimum atomic E-state index is -0.818. The van der Waals surface area contributed by atoms with Crippen molar-refractivity contribution in [1.82, 2.24) is 15.1 Å². The zero-order valence-corrected chi connectivity index (χ0v) is 16.1. The van der Waals surface area contributed by atoms with Gasteiger partial charge in [-0.1, -0.05) is 18.2 Å². The lowest BCUT2D eigenvalue weighted by Crippen LogP contribution is -2.40. The molecule has 1 aliphatic heterocycles. The van der Waals surface area contributed by atoms with Crippen molar-refractivity contribution in [3.63, 3.8) is 0 Å². The minimum Gasteiger partial charge on any atom is -0.338 e. The van der Waals surface area contributed by atoms with Crippen molar-refractivity contribution in [2.45, 2.75) is 25.7 Å². The van der Waals surface area contributed by atoms with Gasteiger partial charge < -0.3 is 4.90 Å². The van der Waals surface area contributed by atoms with E-state index >= 15 is 0 Å². The van der Waals surface area contributed by atoms with Crippen LogP contribution in [0.25, 0.3) is 11.3 Å². The monoisotopic (exact) mass is 395 g/mol. The third kappa shape index (κ3) is 4.53. The van der Waals surface area contributed by atoms with Gasteiger partial charge >= 0.3 is 0 Å². The van der Waals surface area contributed by atoms with Crippen molar-refractivity contribution >= 4 is 5.91 Å². The predicted molar refractivity (Wildman–Crippen MR) is 107 cm³/mol. The molecule has 2 aromatic carbocycles. The van der Waals surface area contributed by atoms with Gasteiger partial charge in [-0.2, -0.15) is 5.10 Å². The van der Waals surface area contributed by atoms with Crippen molar-refractivity contribution in [3.05, 3.63) is 77.5 Å². The van der Waals surface area contributed by atoms with Crippen molar-refractivity contribution in [3.8, 4) is 11.3 Å². The molecule has 29 heavy (non-hydrogen) atoms. The number of H-pyrrole nitrogens is 1. The summed E-state index contributed by atoms with van der Waals surface area (Å²) in [6.45, 7) is 1.45. The molecule has 0 bridgehead atoms. The van der Waals surface area contributed by atoms with E-state index < -0.39 is 11.6 Å². The molecule has 1 amide bonds. The van der Waals surface area contributed by atoms with Gasteiger partial charge in [0.05, 0.1) is 5.69 Å². The number of halogens is 2. The number of amides is 1. The molecule has 1 fully saturated rings. The van der Waals surface area contributed by atoms with Gasteiger partial charge in [-0.3, -0.25) is 9.89 Å². The molecular formula is C23H23F2N3O. The van der Waals surface area contributed by atoms with E-state index in [-0.39, 0.29) is 5.91 Å². The van der Waals surface area contributed by atoms with E-state index in [1.165, 1.54) is 12.1 Å². The number of likely N-dealkylation sites (tertiary alicyclic amines) is 1. The van der Waals surface area contributed by atoms with Crippen LogP contribution in [0, 0.1) is 17.6 Å². The zero-order valence-electron chi connectivity index (χ0n) is 16.1. The molecule has 0 aliphatic carbocycles. The first kappa shape index (κ1) is 19.3. The van der Waals surface area contributed by atoms with Crippen LogP contribution in [0.4, 0.5) is 8.78 Å². The Kier molecular flexibility index (Phi) is 5.69. The highest BCUT2D eigenvalue weighted by molar-refractivity contribution is 5.94. The summed E-state index contributed by atoms with van der Waals surface area (Å²) in [6.07, 6.45) is 5.24. The normalized spacial score (nSPS) is 16.8. The molecule has 6 heteroatoms. The van der Waals surface area contributed by atoms with Crippen LogP contribution in [-0.2, 0) is 6.42 Å². The molecule has 2 heterocycles. The molecule has 1 aliphatic rings. The molecule has 3 aromatic rings. The summed E-state index contributed by atoms with van der Waals surface area (Å²) in [6, 6.07) is 13.5. The van der Waals surface area contributed by atoms with Crippen LogP contribution in [-0.4, -0.2) is 34.1 Å². The molecule has 1 aromatic heterocycles. The molecule has 0 radical (unpaired) electrons. The number of piperidine rings is 1. The lowest BCUT2D eigenvalue weighted by Gasteiger charge is -2.33. The van der Waals surface area contributed by atoms with Crippen LogP contribution in [0.2, 0.25) is 0 Å². The molecule has 150 valence electrons. The van der Waals surface area contributed by atoms with Crippen molar-refractivity contribution in [2.75, 3.05) is 13.1 Å². The average Bonchev–Trinajstić information content (AvgIpc) is 3.29. The van der Waals surface area contributed by atoms with Gasteiger partial charge in [0.1, 0.15) is 0 Å². The zero-order chi connectivity index (χ0) is 20.2.